The number of esters is 1. The standard InChI is InChI=1S/C16H11BrN2O4S/c17-13-7-18-16(24-13)19-14(21)8-23-15(22)11-5-9-3-1-2-4-10(9)6-12(11)20/h1-7,20H,8H2,(H,18,19,21). The Morgan fingerprint density at radius 1 is 1.25 bits per heavy atom. The second-order valence-electron chi connectivity index (χ2n) is 4.81. The fraction of sp³-hybridized carbons (Fsp3) is 0.0625. The highest BCUT2D eigenvalue weighted by molar-refractivity contribution is 9.11. The van der Waals surface area contributed by atoms with Crippen LogP contribution in [0, 0.1) is 0 Å². The van der Waals surface area contributed by atoms with E-state index in [1.54, 1.807) is 6.20 Å². The largest absolute Gasteiger partial charge is 0.507 e. The van der Waals surface area contributed by atoms with Crippen molar-refractivity contribution in [3.8, 4) is 5.75 Å². The molecule has 0 fully saturated rings. The number of aromatic nitrogens is 1. The van der Waals surface area contributed by atoms with Crippen molar-refractivity contribution in [2.45, 2.75) is 0 Å². The van der Waals surface area contributed by atoms with Crippen LogP contribution in [0.1, 0.15) is 10.4 Å². The van der Waals surface area contributed by atoms with Crippen LogP contribution < -0.4 is 5.32 Å². The van der Waals surface area contributed by atoms with Crippen molar-refractivity contribution >= 4 is 55.0 Å². The van der Waals surface area contributed by atoms with Crippen LogP contribution in [0.4, 0.5) is 5.13 Å². The van der Waals surface area contributed by atoms with E-state index in [0.29, 0.717) is 5.13 Å². The lowest BCUT2D eigenvalue weighted by atomic mass is 10.1. The topological polar surface area (TPSA) is 88.5 Å². The second kappa shape index (κ2) is 6.98. The first-order chi connectivity index (χ1) is 11.5. The van der Waals surface area contributed by atoms with Crippen molar-refractivity contribution in [2.75, 3.05) is 11.9 Å². The maximum absolute atomic E-state index is 12.1. The number of halogens is 1. The van der Waals surface area contributed by atoms with E-state index in [1.807, 2.05) is 24.3 Å². The van der Waals surface area contributed by atoms with Crippen molar-refractivity contribution in [1.82, 2.24) is 4.98 Å². The number of benzene rings is 2. The Morgan fingerprint density at radius 3 is 2.62 bits per heavy atom. The van der Waals surface area contributed by atoms with Gasteiger partial charge in [0.05, 0.1) is 9.98 Å². The summed E-state index contributed by atoms with van der Waals surface area (Å²) in [5, 5.41) is 14.5. The summed E-state index contributed by atoms with van der Waals surface area (Å²) in [6, 6.07) is 10.3. The maximum atomic E-state index is 12.1. The first-order valence-corrected chi connectivity index (χ1v) is 8.44. The molecule has 1 aromatic heterocycles. The van der Waals surface area contributed by atoms with E-state index in [-0.39, 0.29) is 11.3 Å². The predicted molar refractivity (Wildman–Crippen MR) is 94.3 cm³/mol. The van der Waals surface area contributed by atoms with Crippen LogP contribution in [0.5, 0.6) is 5.75 Å². The molecule has 0 spiro atoms. The van der Waals surface area contributed by atoms with E-state index >= 15 is 0 Å². The zero-order valence-corrected chi connectivity index (χ0v) is 14.6. The highest BCUT2D eigenvalue weighted by atomic mass is 79.9. The molecule has 2 N–H and O–H groups in total. The zero-order valence-electron chi connectivity index (χ0n) is 12.2. The van der Waals surface area contributed by atoms with Crippen LogP contribution in [-0.4, -0.2) is 28.6 Å². The molecule has 0 radical (unpaired) electrons. The van der Waals surface area contributed by atoms with E-state index in [9.17, 15) is 14.7 Å². The van der Waals surface area contributed by atoms with E-state index in [4.69, 9.17) is 4.74 Å². The number of hydrogen-bond acceptors (Lipinski definition) is 6. The molecule has 24 heavy (non-hydrogen) atoms. The Labute approximate surface area is 149 Å². The SMILES string of the molecule is O=C(COC(=O)c1cc2ccccc2cc1O)Nc1ncc(Br)s1. The normalized spacial score (nSPS) is 10.5. The molecule has 0 bridgehead atoms. The minimum Gasteiger partial charge on any atom is -0.507 e. The number of amides is 1. The lowest BCUT2D eigenvalue weighted by molar-refractivity contribution is -0.119. The molecule has 0 aliphatic carbocycles. The van der Waals surface area contributed by atoms with Crippen LogP contribution >= 0.6 is 27.3 Å². The van der Waals surface area contributed by atoms with E-state index < -0.39 is 18.5 Å². The number of anilines is 1. The molecule has 6 nitrogen and oxygen atoms in total. The van der Waals surface area contributed by atoms with Crippen molar-refractivity contribution in [3.63, 3.8) is 0 Å². The summed E-state index contributed by atoms with van der Waals surface area (Å²) in [5.74, 6) is -1.47. The van der Waals surface area contributed by atoms with E-state index in [2.05, 4.69) is 26.2 Å². The molecule has 8 heteroatoms. The summed E-state index contributed by atoms with van der Waals surface area (Å²) in [6.45, 7) is -0.470. The highest BCUT2D eigenvalue weighted by Crippen LogP contribution is 2.26. The average molecular weight is 407 g/mol. The van der Waals surface area contributed by atoms with Gasteiger partial charge >= 0.3 is 5.97 Å². The van der Waals surface area contributed by atoms with E-state index in [1.165, 1.54) is 23.5 Å². The molecule has 1 amide bonds. The first-order valence-electron chi connectivity index (χ1n) is 6.83. The third kappa shape index (κ3) is 3.72. The molecule has 122 valence electrons. The van der Waals surface area contributed by atoms with Gasteiger partial charge in [0.1, 0.15) is 11.3 Å². The number of phenols is 1. The molecule has 0 aliphatic rings. The molecule has 0 unspecified atom stereocenters. The number of carbonyl (C=O) groups excluding carboxylic acids is 2. The molecule has 0 aliphatic heterocycles. The number of phenolic OH excluding ortho intramolecular Hbond substituents is 1. The fourth-order valence-corrected chi connectivity index (χ4v) is 3.19. The van der Waals surface area contributed by atoms with Gasteiger partial charge in [-0.05, 0) is 38.8 Å². The Hall–Kier alpha value is -2.45. The van der Waals surface area contributed by atoms with Gasteiger partial charge in [0, 0.05) is 0 Å². The number of nitrogens with one attached hydrogen (secondary N) is 1. The van der Waals surface area contributed by atoms with Gasteiger partial charge in [-0.1, -0.05) is 35.6 Å². The summed E-state index contributed by atoms with van der Waals surface area (Å²) >= 11 is 4.48. The number of thiazole rings is 1. The first kappa shape index (κ1) is 16.4. The molecule has 0 saturated heterocycles. The summed E-state index contributed by atoms with van der Waals surface area (Å²) in [4.78, 5) is 27.8. The van der Waals surface area contributed by atoms with Crippen molar-refractivity contribution < 1.29 is 19.4 Å². The summed E-state index contributed by atoms with van der Waals surface area (Å²) in [7, 11) is 0. The Balaban J connectivity index is 1.66. The van der Waals surface area contributed by atoms with Gasteiger partial charge in [0.2, 0.25) is 0 Å². The lowest BCUT2D eigenvalue weighted by Gasteiger charge is -2.07. The minimum atomic E-state index is -0.770. The summed E-state index contributed by atoms with van der Waals surface area (Å²) in [5.41, 5.74) is 0.0125. The number of hydrogen-bond donors (Lipinski definition) is 2. The third-order valence-corrected chi connectivity index (χ3v) is 4.53. The van der Waals surface area contributed by atoms with E-state index in [0.717, 1.165) is 14.6 Å². The highest BCUT2D eigenvalue weighted by Gasteiger charge is 2.16. The smallest absolute Gasteiger partial charge is 0.342 e. The van der Waals surface area contributed by atoms with Crippen LogP contribution in [0.25, 0.3) is 10.8 Å². The van der Waals surface area contributed by atoms with Crippen LogP contribution in [0.3, 0.4) is 0 Å². The fourth-order valence-electron chi connectivity index (χ4n) is 2.07. The number of ether oxygens (including phenoxy) is 1. The Morgan fingerprint density at radius 2 is 1.96 bits per heavy atom. The quantitative estimate of drug-likeness (QED) is 0.646. The Kier molecular flexibility index (Phi) is 4.77. The molecule has 3 aromatic rings. The second-order valence-corrected chi connectivity index (χ2v) is 7.22. The summed E-state index contributed by atoms with van der Waals surface area (Å²) < 4.78 is 5.73. The monoisotopic (exact) mass is 406 g/mol. The van der Waals surface area contributed by atoms with Crippen molar-refractivity contribution in [3.05, 3.63) is 51.9 Å². The number of aromatic hydroxyl groups is 1. The molecular formula is C16H11BrN2O4S. The number of rotatable bonds is 4. The molecular weight excluding hydrogens is 396 g/mol. The van der Waals surface area contributed by atoms with Crippen LogP contribution in [0.15, 0.2) is 46.4 Å². The minimum absolute atomic E-state index is 0.0125. The van der Waals surface area contributed by atoms with Crippen molar-refractivity contribution in [1.29, 1.82) is 0 Å². The number of carbonyl (C=O) groups is 2. The third-order valence-electron chi connectivity index (χ3n) is 3.14. The predicted octanol–water partition coefficient (Wildman–Crippen LogP) is 3.56. The number of fused-ring (bicyclic) bond motifs is 1. The number of nitrogens with zero attached hydrogens (tertiary/aromatic N) is 1. The average Bonchev–Trinajstić information content (AvgIpc) is 2.96. The maximum Gasteiger partial charge on any atom is 0.342 e. The molecule has 0 atom stereocenters. The van der Waals surface area contributed by atoms with Gasteiger partial charge in [-0.25, -0.2) is 9.78 Å². The molecule has 0 saturated carbocycles. The molecule has 1 heterocycles. The molecule has 3 rings (SSSR count). The molecule has 2 aromatic carbocycles. The van der Waals surface area contributed by atoms with Gasteiger partial charge < -0.3 is 9.84 Å². The van der Waals surface area contributed by atoms with Gasteiger partial charge in [-0.3, -0.25) is 10.1 Å². The van der Waals surface area contributed by atoms with Gasteiger partial charge in [-0.15, -0.1) is 0 Å². The van der Waals surface area contributed by atoms with Crippen LogP contribution in [0.2, 0.25) is 0 Å². The zero-order chi connectivity index (χ0) is 17.1. The summed E-state index contributed by atoms with van der Waals surface area (Å²) in [6.07, 6.45) is 1.55. The van der Waals surface area contributed by atoms with Gasteiger partial charge in [0.15, 0.2) is 11.7 Å². The Bertz CT molecular complexity index is 925. The van der Waals surface area contributed by atoms with Crippen molar-refractivity contribution in [2.24, 2.45) is 0 Å². The van der Waals surface area contributed by atoms with Gasteiger partial charge in [-0.2, -0.15) is 0 Å². The lowest BCUT2D eigenvalue weighted by Crippen LogP contribution is -2.20. The van der Waals surface area contributed by atoms with Crippen LogP contribution in [-0.2, 0) is 9.53 Å². The van der Waals surface area contributed by atoms with Gasteiger partial charge in [0.25, 0.3) is 5.91 Å².